The van der Waals surface area contributed by atoms with E-state index in [4.69, 9.17) is 4.42 Å². The number of nitrogens with zero attached hydrogens (tertiary/aromatic N) is 2. The van der Waals surface area contributed by atoms with Gasteiger partial charge in [-0.3, -0.25) is 0 Å². The van der Waals surface area contributed by atoms with Crippen LogP contribution < -0.4 is 5.32 Å². The van der Waals surface area contributed by atoms with Gasteiger partial charge in [0.1, 0.15) is 11.5 Å². The lowest BCUT2D eigenvalue weighted by molar-refractivity contribution is 0.152. The number of rotatable bonds is 9. The van der Waals surface area contributed by atoms with Crippen molar-refractivity contribution in [3.05, 3.63) is 23.7 Å². The topological polar surface area (TPSA) is 31.6 Å². The zero-order valence-electron chi connectivity index (χ0n) is 13.1. The van der Waals surface area contributed by atoms with Gasteiger partial charge in [0.2, 0.25) is 0 Å². The van der Waals surface area contributed by atoms with E-state index in [0.29, 0.717) is 24.1 Å². The number of likely N-dealkylation sites (N-methyl/N-ethyl adjacent to an activating group) is 1. The molecule has 0 bridgehead atoms. The van der Waals surface area contributed by atoms with E-state index in [9.17, 15) is 8.78 Å². The van der Waals surface area contributed by atoms with Gasteiger partial charge in [0, 0.05) is 26.2 Å². The van der Waals surface area contributed by atoms with E-state index in [0.717, 1.165) is 51.4 Å². The first kappa shape index (κ1) is 17.7. The Hall–Kier alpha value is -0.630. The Labute approximate surface area is 135 Å². The second kappa shape index (κ2) is 9.50. The molecule has 0 aliphatic carbocycles. The van der Waals surface area contributed by atoms with Gasteiger partial charge >= 0.3 is 0 Å². The lowest BCUT2D eigenvalue weighted by Crippen LogP contribution is -2.45. The minimum absolute atomic E-state index is 0.223. The normalized spacial score (nSPS) is 17.5. The summed E-state index contributed by atoms with van der Waals surface area (Å²) >= 11 is 0.589. The Morgan fingerprint density at radius 3 is 2.68 bits per heavy atom. The average molecular weight is 333 g/mol. The zero-order valence-corrected chi connectivity index (χ0v) is 13.9. The maximum absolute atomic E-state index is 12.1. The molecule has 0 aromatic carbocycles. The number of hydrogen-bond acceptors (Lipinski definition) is 5. The molecule has 2 heterocycles. The number of alkyl halides is 2. The Morgan fingerprint density at radius 2 is 1.95 bits per heavy atom. The predicted octanol–water partition coefficient (Wildman–Crippen LogP) is 2.46. The third kappa shape index (κ3) is 6.64. The summed E-state index contributed by atoms with van der Waals surface area (Å²) in [7, 11) is 2.16. The molecule has 1 fully saturated rings. The third-order valence-corrected chi connectivity index (χ3v) is 4.50. The third-order valence-electron chi connectivity index (χ3n) is 3.79. The van der Waals surface area contributed by atoms with Gasteiger partial charge < -0.3 is 19.5 Å². The van der Waals surface area contributed by atoms with E-state index in [-0.39, 0.29) is 5.75 Å². The quantitative estimate of drug-likeness (QED) is 0.702. The zero-order chi connectivity index (χ0) is 15.8. The van der Waals surface area contributed by atoms with Crippen LogP contribution in [0.2, 0.25) is 0 Å². The molecule has 0 radical (unpaired) electrons. The second-order valence-electron chi connectivity index (χ2n) is 5.61. The van der Waals surface area contributed by atoms with Crippen LogP contribution >= 0.6 is 11.8 Å². The SMILES string of the molecule is CN1CCN(CCCNCc2ccc(CSC(F)F)o2)CC1. The van der Waals surface area contributed by atoms with E-state index < -0.39 is 5.76 Å². The van der Waals surface area contributed by atoms with Gasteiger partial charge in [-0.2, -0.15) is 8.78 Å². The molecule has 0 spiro atoms. The number of furan rings is 1. The maximum Gasteiger partial charge on any atom is 0.284 e. The van der Waals surface area contributed by atoms with E-state index in [1.165, 1.54) is 0 Å². The highest BCUT2D eigenvalue weighted by Gasteiger charge is 2.12. The van der Waals surface area contributed by atoms with Crippen molar-refractivity contribution >= 4 is 11.8 Å². The Balaban J connectivity index is 1.53. The molecule has 1 saturated heterocycles. The van der Waals surface area contributed by atoms with Crippen molar-refractivity contribution in [2.45, 2.75) is 24.5 Å². The number of halogens is 2. The summed E-state index contributed by atoms with van der Waals surface area (Å²) in [6, 6.07) is 3.63. The van der Waals surface area contributed by atoms with E-state index in [2.05, 4.69) is 22.2 Å². The van der Waals surface area contributed by atoms with Gasteiger partial charge in [-0.05, 0) is 38.7 Å². The molecular formula is C15H25F2N3OS. The molecule has 2 rings (SSSR count). The lowest BCUT2D eigenvalue weighted by atomic mass is 10.3. The molecular weight excluding hydrogens is 308 g/mol. The van der Waals surface area contributed by atoms with Crippen LogP contribution in [0.4, 0.5) is 8.78 Å². The highest BCUT2D eigenvalue weighted by Crippen LogP contribution is 2.21. The van der Waals surface area contributed by atoms with Crippen LogP contribution in [0.1, 0.15) is 17.9 Å². The van der Waals surface area contributed by atoms with Gasteiger partial charge in [-0.25, -0.2) is 0 Å². The first-order valence-electron chi connectivity index (χ1n) is 7.72. The smallest absolute Gasteiger partial charge is 0.284 e. The van der Waals surface area contributed by atoms with Gasteiger partial charge in [0.05, 0.1) is 12.3 Å². The van der Waals surface area contributed by atoms with E-state index in [1.54, 1.807) is 6.07 Å². The van der Waals surface area contributed by atoms with Crippen molar-refractivity contribution in [3.8, 4) is 0 Å². The van der Waals surface area contributed by atoms with Crippen molar-refractivity contribution in [1.29, 1.82) is 0 Å². The van der Waals surface area contributed by atoms with Crippen LogP contribution in [0.5, 0.6) is 0 Å². The Kier molecular flexibility index (Phi) is 7.65. The molecule has 7 heteroatoms. The standard InChI is InChI=1S/C15H25F2N3OS/c1-19-7-9-20(10-8-19)6-2-5-18-11-13-3-4-14(21-13)12-22-15(16)17/h3-4,15,18H,2,5-12H2,1H3. The highest BCUT2D eigenvalue weighted by atomic mass is 32.2. The van der Waals surface area contributed by atoms with Crippen molar-refractivity contribution in [1.82, 2.24) is 15.1 Å². The summed E-state index contributed by atoms with van der Waals surface area (Å²) in [6.07, 6.45) is 1.11. The molecule has 0 saturated carbocycles. The van der Waals surface area contributed by atoms with Crippen LogP contribution in [0.25, 0.3) is 0 Å². The highest BCUT2D eigenvalue weighted by molar-refractivity contribution is 7.98. The Bertz CT molecular complexity index is 423. The van der Waals surface area contributed by atoms with Gasteiger partial charge in [-0.15, -0.1) is 0 Å². The van der Waals surface area contributed by atoms with Crippen LogP contribution in [-0.4, -0.2) is 61.9 Å². The molecule has 4 nitrogen and oxygen atoms in total. The fourth-order valence-electron chi connectivity index (χ4n) is 2.45. The molecule has 0 unspecified atom stereocenters. The van der Waals surface area contributed by atoms with Crippen molar-refractivity contribution in [2.24, 2.45) is 0 Å². The average Bonchev–Trinajstić information content (AvgIpc) is 2.95. The minimum atomic E-state index is -2.35. The largest absolute Gasteiger partial charge is 0.464 e. The van der Waals surface area contributed by atoms with Crippen LogP contribution in [0.15, 0.2) is 16.5 Å². The number of nitrogens with one attached hydrogen (secondary N) is 1. The van der Waals surface area contributed by atoms with Crippen molar-refractivity contribution < 1.29 is 13.2 Å². The molecule has 1 N–H and O–H groups in total. The van der Waals surface area contributed by atoms with Crippen molar-refractivity contribution in [2.75, 3.05) is 46.3 Å². The number of thioether (sulfide) groups is 1. The summed E-state index contributed by atoms with van der Waals surface area (Å²) in [4.78, 5) is 4.85. The molecule has 1 aliphatic rings. The first-order chi connectivity index (χ1) is 10.6. The summed E-state index contributed by atoms with van der Waals surface area (Å²) < 4.78 is 29.7. The van der Waals surface area contributed by atoms with Gasteiger partial charge in [0.25, 0.3) is 5.76 Å². The molecule has 1 aromatic rings. The lowest BCUT2D eigenvalue weighted by Gasteiger charge is -2.32. The number of piperazine rings is 1. The monoisotopic (exact) mass is 333 g/mol. The summed E-state index contributed by atoms with van der Waals surface area (Å²) in [6.45, 7) is 7.32. The Morgan fingerprint density at radius 1 is 1.23 bits per heavy atom. The summed E-state index contributed by atoms with van der Waals surface area (Å²) in [5, 5.41) is 3.34. The van der Waals surface area contributed by atoms with Crippen LogP contribution in [0, 0.1) is 0 Å². The van der Waals surface area contributed by atoms with E-state index in [1.807, 2.05) is 6.07 Å². The molecule has 0 atom stereocenters. The van der Waals surface area contributed by atoms with Crippen molar-refractivity contribution in [3.63, 3.8) is 0 Å². The second-order valence-corrected chi connectivity index (χ2v) is 6.59. The number of hydrogen-bond donors (Lipinski definition) is 1. The van der Waals surface area contributed by atoms with Crippen LogP contribution in [0.3, 0.4) is 0 Å². The fraction of sp³-hybridized carbons (Fsp3) is 0.733. The van der Waals surface area contributed by atoms with Gasteiger partial charge in [-0.1, -0.05) is 11.8 Å². The van der Waals surface area contributed by atoms with E-state index >= 15 is 0 Å². The molecule has 22 heavy (non-hydrogen) atoms. The predicted molar refractivity (Wildman–Crippen MR) is 86.3 cm³/mol. The molecule has 0 amide bonds. The summed E-state index contributed by atoms with van der Waals surface area (Å²) in [5.41, 5.74) is 0. The first-order valence-corrected chi connectivity index (χ1v) is 8.77. The molecule has 1 aromatic heterocycles. The molecule has 1 aliphatic heterocycles. The fourth-order valence-corrected chi connectivity index (χ4v) is 2.90. The maximum atomic E-state index is 12.1. The summed E-state index contributed by atoms with van der Waals surface area (Å²) in [5.74, 6) is -0.702. The van der Waals surface area contributed by atoms with Crippen LogP contribution in [-0.2, 0) is 12.3 Å². The minimum Gasteiger partial charge on any atom is -0.464 e. The van der Waals surface area contributed by atoms with Gasteiger partial charge in [0.15, 0.2) is 0 Å². The molecule has 126 valence electrons.